The van der Waals surface area contributed by atoms with Crippen LogP contribution in [0.4, 0.5) is 0 Å². The summed E-state index contributed by atoms with van der Waals surface area (Å²) in [5, 5.41) is 9.68. The van der Waals surface area contributed by atoms with E-state index in [1.54, 1.807) is 32.9 Å². The highest BCUT2D eigenvalue weighted by atomic mass is 16.5. The maximum Gasteiger partial charge on any atom is 0.222 e. The molecular formula is C16H25NO3. The number of nitrogens with zero attached hydrogens (tertiary/aromatic N) is 1. The van der Waals surface area contributed by atoms with E-state index in [1.165, 1.54) is 5.56 Å². The Balaban J connectivity index is 2.34. The highest BCUT2D eigenvalue weighted by Gasteiger charge is 2.18. The van der Waals surface area contributed by atoms with Gasteiger partial charge in [0, 0.05) is 20.0 Å². The van der Waals surface area contributed by atoms with Crippen molar-refractivity contribution in [3.63, 3.8) is 0 Å². The first-order valence-corrected chi connectivity index (χ1v) is 6.91. The van der Waals surface area contributed by atoms with E-state index in [2.05, 4.69) is 0 Å². The lowest BCUT2D eigenvalue weighted by atomic mass is 10.1. The summed E-state index contributed by atoms with van der Waals surface area (Å²) in [5.41, 5.74) is 0.351. The number of hydrogen-bond donors (Lipinski definition) is 1. The van der Waals surface area contributed by atoms with Gasteiger partial charge in [-0.05, 0) is 44.4 Å². The van der Waals surface area contributed by atoms with E-state index in [1.807, 2.05) is 24.3 Å². The first kappa shape index (κ1) is 16.5. The molecule has 0 atom stereocenters. The van der Waals surface area contributed by atoms with Crippen LogP contribution in [-0.2, 0) is 11.2 Å². The third-order valence-corrected chi connectivity index (χ3v) is 3.07. The normalized spacial score (nSPS) is 11.2. The van der Waals surface area contributed by atoms with Crippen LogP contribution >= 0.6 is 0 Å². The number of aryl methyl sites for hydroxylation is 1. The zero-order chi connectivity index (χ0) is 15.2. The van der Waals surface area contributed by atoms with Gasteiger partial charge in [0.25, 0.3) is 0 Å². The molecule has 0 saturated heterocycles. The lowest BCUT2D eigenvalue weighted by Crippen LogP contribution is -2.39. The van der Waals surface area contributed by atoms with Crippen molar-refractivity contribution >= 4 is 5.91 Å². The number of methoxy groups -OCH3 is 1. The van der Waals surface area contributed by atoms with Gasteiger partial charge in [-0.1, -0.05) is 12.1 Å². The molecule has 0 fully saturated rings. The van der Waals surface area contributed by atoms with Crippen molar-refractivity contribution in [1.29, 1.82) is 0 Å². The van der Waals surface area contributed by atoms with Crippen molar-refractivity contribution in [1.82, 2.24) is 4.90 Å². The third-order valence-electron chi connectivity index (χ3n) is 3.07. The molecule has 0 aliphatic heterocycles. The van der Waals surface area contributed by atoms with Gasteiger partial charge in [0.2, 0.25) is 5.91 Å². The Labute approximate surface area is 121 Å². The SMILES string of the molecule is COc1ccc(CCCC(=O)N(C)CC(C)(C)O)cc1. The van der Waals surface area contributed by atoms with E-state index in [9.17, 15) is 9.90 Å². The number of aliphatic hydroxyl groups is 1. The molecule has 112 valence electrons. The topological polar surface area (TPSA) is 49.8 Å². The summed E-state index contributed by atoms with van der Waals surface area (Å²) in [6.07, 6.45) is 2.17. The summed E-state index contributed by atoms with van der Waals surface area (Å²) in [5.74, 6) is 0.912. The molecule has 4 nitrogen and oxygen atoms in total. The van der Waals surface area contributed by atoms with Gasteiger partial charge in [-0.25, -0.2) is 0 Å². The second-order valence-electron chi connectivity index (χ2n) is 5.76. The van der Waals surface area contributed by atoms with Crippen LogP contribution in [0.15, 0.2) is 24.3 Å². The lowest BCUT2D eigenvalue weighted by molar-refractivity contribution is -0.132. The third kappa shape index (κ3) is 6.06. The van der Waals surface area contributed by atoms with Crippen LogP contribution in [0.25, 0.3) is 0 Å². The van der Waals surface area contributed by atoms with Gasteiger partial charge in [0.1, 0.15) is 5.75 Å². The van der Waals surface area contributed by atoms with Crippen molar-refractivity contribution in [2.45, 2.75) is 38.7 Å². The average molecular weight is 279 g/mol. The minimum atomic E-state index is -0.847. The van der Waals surface area contributed by atoms with Crippen molar-refractivity contribution in [2.24, 2.45) is 0 Å². The van der Waals surface area contributed by atoms with Crippen LogP contribution < -0.4 is 4.74 Å². The number of amides is 1. The molecule has 0 aromatic heterocycles. The molecule has 0 spiro atoms. The summed E-state index contributed by atoms with van der Waals surface area (Å²) in [6.45, 7) is 3.76. The number of ether oxygens (including phenoxy) is 1. The number of likely N-dealkylation sites (N-methyl/N-ethyl adjacent to an activating group) is 1. The molecule has 0 unspecified atom stereocenters. The Morgan fingerprint density at radius 2 is 1.90 bits per heavy atom. The molecular weight excluding hydrogens is 254 g/mol. The predicted molar refractivity (Wildman–Crippen MR) is 79.9 cm³/mol. The van der Waals surface area contributed by atoms with E-state index < -0.39 is 5.60 Å². The van der Waals surface area contributed by atoms with Gasteiger partial charge in [-0.15, -0.1) is 0 Å². The van der Waals surface area contributed by atoms with E-state index >= 15 is 0 Å². The van der Waals surface area contributed by atoms with Crippen LogP contribution in [0.2, 0.25) is 0 Å². The highest BCUT2D eigenvalue weighted by molar-refractivity contribution is 5.75. The number of carbonyl (C=O) groups is 1. The van der Waals surface area contributed by atoms with Crippen LogP contribution in [0.3, 0.4) is 0 Å². The van der Waals surface area contributed by atoms with Gasteiger partial charge in [0.05, 0.1) is 12.7 Å². The molecule has 0 heterocycles. The summed E-state index contributed by atoms with van der Waals surface area (Å²) < 4.78 is 5.11. The van der Waals surface area contributed by atoms with E-state index in [4.69, 9.17) is 4.74 Å². The summed E-state index contributed by atoms with van der Waals surface area (Å²) in [7, 11) is 3.37. The van der Waals surface area contributed by atoms with Gasteiger partial charge in [-0.2, -0.15) is 0 Å². The Morgan fingerprint density at radius 3 is 2.40 bits per heavy atom. The maximum atomic E-state index is 11.9. The van der Waals surface area contributed by atoms with Gasteiger partial charge in [0.15, 0.2) is 0 Å². The Bertz CT molecular complexity index is 420. The molecule has 20 heavy (non-hydrogen) atoms. The maximum absolute atomic E-state index is 11.9. The van der Waals surface area contributed by atoms with Gasteiger partial charge >= 0.3 is 0 Å². The zero-order valence-electron chi connectivity index (χ0n) is 12.8. The number of benzene rings is 1. The van der Waals surface area contributed by atoms with E-state index in [-0.39, 0.29) is 5.91 Å². The smallest absolute Gasteiger partial charge is 0.222 e. The molecule has 1 aromatic rings. The van der Waals surface area contributed by atoms with Crippen LogP contribution in [0.1, 0.15) is 32.3 Å². The number of rotatable bonds is 7. The molecule has 1 amide bonds. The molecule has 1 rings (SSSR count). The van der Waals surface area contributed by atoms with Crippen molar-refractivity contribution in [2.75, 3.05) is 20.7 Å². The fourth-order valence-corrected chi connectivity index (χ4v) is 2.10. The monoisotopic (exact) mass is 279 g/mol. The zero-order valence-corrected chi connectivity index (χ0v) is 12.8. The fourth-order valence-electron chi connectivity index (χ4n) is 2.10. The van der Waals surface area contributed by atoms with Crippen LogP contribution in [-0.4, -0.2) is 42.2 Å². The summed E-state index contributed by atoms with van der Waals surface area (Å²) >= 11 is 0. The van der Waals surface area contributed by atoms with E-state index in [0.717, 1.165) is 18.6 Å². The number of hydrogen-bond acceptors (Lipinski definition) is 3. The first-order chi connectivity index (χ1) is 9.31. The molecule has 0 bridgehead atoms. The molecule has 0 radical (unpaired) electrons. The van der Waals surface area contributed by atoms with Crippen LogP contribution in [0.5, 0.6) is 5.75 Å². The Hall–Kier alpha value is -1.55. The molecule has 4 heteroatoms. The fraction of sp³-hybridized carbons (Fsp3) is 0.562. The van der Waals surface area contributed by atoms with Crippen molar-refractivity contribution in [3.05, 3.63) is 29.8 Å². The molecule has 1 aromatic carbocycles. The van der Waals surface area contributed by atoms with Gasteiger partial charge in [-0.3, -0.25) is 4.79 Å². The standard InChI is InChI=1S/C16H25NO3/c1-16(2,19)12-17(3)15(18)7-5-6-13-8-10-14(20-4)11-9-13/h8-11,19H,5-7,12H2,1-4H3. The second kappa shape index (κ2) is 7.29. The van der Waals surface area contributed by atoms with Crippen molar-refractivity contribution in [3.8, 4) is 5.75 Å². The highest BCUT2D eigenvalue weighted by Crippen LogP contribution is 2.13. The average Bonchev–Trinajstić information content (AvgIpc) is 2.37. The largest absolute Gasteiger partial charge is 0.497 e. The van der Waals surface area contributed by atoms with Crippen molar-refractivity contribution < 1.29 is 14.6 Å². The van der Waals surface area contributed by atoms with E-state index in [0.29, 0.717) is 13.0 Å². The summed E-state index contributed by atoms with van der Waals surface area (Å²) in [4.78, 5) is 13.5. The lowest BCUT2D eigenvalue weighted by Gasteiger charge is -2.25. The molecule has 1 N–H and O–H groups in total. The Morgan fingerprint density at radius 1 is 1.30 bits per heavy atom. The first-order valence-electron chi connectivity index (χ1n) is 6.91. The van der Waals surface area contributed by atoms with Crippen LogP contribution in [0, 0.1) is 0 Å². The molecule has 0 saturated carbocycles. The second-order valence-corrected chi connectivity index (χ2v) is 5.76. The Kier molecular flexibility index (Phi) is 6.02. The number of carbonyl (C=O) groups excluding carboxylic acids is 1. The minimum Gasteiger partial charge on any atom is -0.497 e. The quantitative estimate of drug-likeness (QED) is 0.833. The predicted octanol–water partition coefficient (Wildman–Crippen LogP) is 2.25. The minimum absolute atomic E-state index is 0.0700. The van der Waals surface area contributed by atoms with Gasteiger partial charge < -0.3 is 14.7 Å². The molecule has 0 aliphatic carbocycles. The molecule has 0 aliphatic rings. The summed E-state index contributed by atoms with van der Waals surface area (Å²) in [6, 6.07) is 7.89.